The molecule has 4 aromatic carbocycles. The molecule has 0 aromatic heterocycles. The van der Waals surface area contributed by atoms with Crippen molar-refractivity contribution in [2.45, 2.75) is 12.8 Å². The molecule has 0 N–H and O–H groups in total. The van der Waals surface area contributed by atoms with Gasteiger partial charge in [0.2, 0.25) is 0 Å². The first-order valence-corrected chi connectivity index (χ1v) is 10.5. The summed E-state index contributed by atoms with van der Waals surface area (Å²) in [7, 11) is 0. The number of hydrogen-bond donors (Lipinski definition) is 0. The highest BCUT2D eigenvalue weighted by Crippen LogP contribution is 2.24. The maximum absolute atomic E-state index is 13.1. The summed E-state index contributed by atoms with van der Waals surface area (Å²) in [4.78, 5) is 12.5. The van der Waals surface area contributed by atoms with Crippen LogP contribution in [0.1, 0.15) is 22.3 Å². The average molecular weight is 422 g/mol. The molecule has 0 spiro atoms. The van der Waals surface area contributed by atoms with E-state index in [1.165, 1.54) is 17.7 Å². The van der Waals surface area contributed by atoms with E-state index in [0.29, 0.717) is 11.3 Å². The zero-order chi connectivity index (χ0) is 22.3. The third-order valence-electron chi connectivity index (χ3n) is 5.29. The Balaban J connectivity index is 1.40. The van der Waals surface area contributed by atoms with Crippen molar-refractivity contribution in [3.63, 3.8) is 0 Å². The second-order valence-electron chi connectivity index (χ2n) is 7.52. The third kappa shape index (κ3) is 5.19. The van der Waals surface area contributed by atoms with Crippen LogP contribution in [0.15, 0.2) is 110 Å². The third-order valence-corrected chi connectivity index (χ3v) is 5.29. The molecule has 32 heavy (non-hydrogen) atoms. The molecule has 0 heterocycles. The Labute approximate surface area is 187 Å². The van der Waals surface area contributed by atoms with E-state index in [4.69, 9.17) is 4.74 Å². The van der Waals surface area contributed by atoms with E-state index in [9.17, 15) is 9.18 Å². The quantitative estimate of drug-likeness (QED) is 0.175. The molecule has 158 valence electrons. The fraction of sp³-hybridized carbons (Fsp3) is 0.0690. The number of hydrogen-bond acceptors (Lipinski definition) is 2. The zero-order valence-electron chi connectivity index (χ0n) is 17.6. The summed E-state index contributed by atoms with van der Waals surface area (Å²) in [5.41, 5.74) is 5.72. The van der Waals surface area contributed by atoms with Crippen molar-refractivity contribution in [1.29, 1.82) is 0 Å². The van der Waals surface area contributed by atoms with Gasteiger partial charge < -0.3 is 4.74 Å². The van der Waals surface area contributed by atoms with E-state index in [1.807, 2.05) is 30.3 Å². The summed E-state index contributed by atoms with van der Waals surface area (Å²) < 4.78 is 18.6. The largest absolute Gasteiger partial charge is 0.423 e. The number of benzene rings is 4. The maximum atomic E-state index is 13.1. The molecule has 0 radical (unpaired) electrons. The average Bonchev–Trinajstić information content (AvgIpc) is 2.84. The number of rotatable bonds is 7. The summed E-state index contributed by atoms with van der Waals surface area (Å²) >= 11 is 0. The van der Waals surface area contributed by atoms with Gasteiger partial charge in [-0.05, 0) is 77.1 Å². The predicted octanol–water partition coefficient (Wildman–Crippen LogP) is 7.50. The zero-order valence-corrected chi connectivity index (χ0v) is 17.6. The van der Waals surface area contributed by atoms with E-state index >= 15 is 0 Å². The van der Waals surface area contributed by atoms with Crippen molar-refractivity contribution in [2.24, 2.45) is 0 Å². The van der Waals surface area contributed by atoms with Crippen molar-refractivity contribution in [2.75, 3.05) is 0 Å². The molecule has 4 rings (SSSR count). The number of ether oxygens (including phenoxy) is 1. The van der Waals surface area contributed by atoms with Gasteiger partial charge in [0.05, 0.1) is 5.56 Å². The van der Waals surface area contributed by atoms with Crippen molar-refractivity contribution in [1.82, 2.24) is 0 Å². The highest BCUT2D eigenvalue weighted by Gasteiger charge is 2.09. The highest BCUT2D eigenvalue weighted by atomic mass is 19.1. The first-order chi connectivity index (χ1) is 15.6. The minimum absolute atomic E-state index is 0.272. The van der Waals surface area contributed by atoms with Gasteiger partial charge in [-0.1, -0.05) is 66.7 Å². The lowest BCUT2D eigenvalue weighted by molar-refractivity contribution is 0.0735. The lowest BCUT2D eigenvalue weighted by Gasteiger charge is -2.08. The van der Waals surface area contributed by atoms with Gasteiger partial charge in [-0.2, -0.15) is 0 Å². The number of carbonyl (C=O) groups excluding carboxylic acids is 1. The van der Waals surface area contributed by atoms with E-state index in [2.05, 4.69) is 30.8 Å². The molecule has 0 aliphatic carbocycles. The molecule has 0 saturated heterocycles. The van der Waals surface area contributed by atoms with Gasteiger partial charge in [0.15, 0.2) is 0 Å². The van der Waals surface area contributed by atoms with Crippen molar-refractivity contribution < 1.29 is 13.9 Å². The fourth-order valence-corrected chi connectivity index (χ4v) is 3.46. The molecule has 2 nitrogen and oxygen atoms in total. The molecular weight excluding hydrogens is 399 g/mol. The van der Waals surface area contributed by atoms with Gasteiger partial charge in [0.1, 0.15) is 11.6 Å². The molecule has 0 aliphatic heterocycles. The van der Waals surface area contributed by atoms with Crippen LogP contribution in [-0.4, -0.2) is 5.97 Å². The Hall–Kier alpha value is -3.98. The molecule has 0 atom stereocenters. The molecule has 3 heteroatoms. The highest BCUT2D eigenvalue weighted by molar-refractivity contribution is 5.91. The Kier molecular flexibility index (Phi) is 6.57. The maximum Gasteiger partial charge on any atom is 0.343 e. The van der Waals surface area contributed by atoms with Gasteiger partial charge in [-0.15, -0.1) is 6.58 Å². The fourth-order valence-electron chi connectivity index (χ4n) is 3.46. The smallest absolute Gasteiger partial charge is 0.343 e. The normalized spacial score (nSPS) is 10.5. The number of esters is 1. The first kappa shape index (κ1) is 21.3. The van der Waals surface area contributed by atoms with Crippen LogP contribution < -0.4 is 4.74 Å². The molecule has 0 saturated carbocycles. The topological polar surface area (TPSA) is 26.3 Å². The lowest BCUT2D eigenvalue weighted by atomic mass is 10.0. The molecule has 0 fully saturated rings. The lowest BCUT2D eigenvalue weighted by Crippen LogP contribution is -2.08. The summed E-state index contributed by atoms with van der Waals surface area (Å²) in [5.74, 6) is -0.225. The van der Waals surface area contributed by atoms with E-state index in [0.717, 1.165) is 35.1 Å². The van der Waals surface area contributed by atoms with Crippen LogP contribution in [0.2, 0.25) is 0 Å². The molecule has 4 aromatic rings. The van der Waals surface area contributed by atoms with Gasteiger partial charge in [-0.25, -0.2) is 9.18 Å². The summed E-state index contributed by atoms with van der Waals surface area (Å²) in [6, 6.07) is 29.3. The second kappa shape index (κ2) is 9.88. The van der Waals surface area contributed by atoms with Gasteiger partial charge in [-0.3, -0.25) is 0 Å². The van der Waals surface area contributed by atoms with Crippen molar-refractivity contribution in [3.8, 4) is 28.0 Å². The Bertz CT molecular complexity index is 1190. The van der Waals surface area contributed by atoms with Crippen LogP contribution in [0.3, 0.4) is 0 Å². The van der Waals surface area contributed by atoms with Gasteiger partial charge in [0.25, 0.3) is 0 Å². The van der Waals surface area contributed by atoms with E-state index in [-0.39, 0.29) is 5.82 Å². The summed E-state index contributed by atoms with van der Waals surface area (Å²) in [6.45, 7) is 3.76. The molecule has 0 amide bonds. The van der Waals surface area contributed by atoms with Gasteiger partial charge in [0, 0.05) is 0 Å². The monoisotopic (exact) mass is 422 g/mol. The Morgan fingerprint density at radius 1 is 0.719 bits per heavy atom. The van der Waals surface area contributed by atoms with E-state index < -0.39 is 5.97 Å². The Morgan fingerprint density at radius 3 is 1.72 bits per heavy atom. The molecular formula is C29H23FO2. The standard InChI is InChI=1S/C29H23FO2/c1-2-3-4-21-5-7-22(8-6-21)23-9-11-26(12-10-23)29(31)32-28-19-15-25(16-20-28)24-13-17-27(30)18-14-24/h2,5-20H,1,3-4H2. The van der Waals surface area contributed by atoms with Crippen molar-refractivity contribution in [3.05, 3.63) is 127 Å². The number of aryl methyl sites for hydroxylation is 1. The van der Waals surface area contributed by atoms with Crippen LogP contribution in [0.25, 0.3) is 22.3 Å². The first-order valence-electron chi connectivity index (χ1n) is 10.5. The van der Waals surface area contributed by atoms with Crippen LogP contribution >= 0.6 is 0 Å². The van der Waals surface area contributed by atoms with E-state index in [1.54, 1.807) is 36.4 Å². The molecule has 0 aliphatic rings. The second-order valence-corrected chi connectivity index (χ2v) is 7.52. The predicted molar refractivity (Wildman–Crippen MR) is 127 cm³/mol. The number of halogens is 1. The summed E-state index contributed by atoms with van der Waals surface area (Å²) in [5, 5.41) is 0. The van der Waals surface area contributed by atoms with Crippen LogP contribution in [0.4, 0.5) is 4.39 Å². The minimum atomic E-state index is -0.411. The molecule has 0 unspecified atom stereocenters. The SMILES string of the molecule is C=CCCc1ccc(-c2ccc(C(=O)Oc3ccc(-c4ccc(F)cc4)cc3)cc2)cc1. The van der Waals surface area contributed by atoms with Gasteiger partial charge >= 0.3 is 5.97 Å². The van der Waals surface area contributed by atoms with Crippen LogP contribution in [0, 0.1) is 5.82 Å². The Morgan fingerprint density at radius 2 is 1.19 bits per heavy atom. The molecule has 0 bridgehead atoms. The number of carbonyl (C=O) groups is 1. The van der Waals surface area contributed by atoms with Crippen LogP contribution in [-0.2, 0) is 6.42 Å². The number of allylic oxidation sites excluding steroid dienone is 1. The van der Waals surface area contributed by atoms with Crippen LogP contribution in [0.5, 0.6) is 5.75 Å². The summed E-state index contributed by atoms with van der Waals surface area (Å²) in [6.07, 6.45) is 3.87. The minimum Gasteiger partial charge on any atom is -0.423 e. The van der Waals surface area contributed by atoms with Crippen molar-refractivity contribution >= 4 is 5.97 Å².